The number of aryl methyl sites for hydroxylation is 1. The van der Waals surface area contributed by atoms with Gasteiger partial charge in [-0.05, 0) is 50.3 Å². The minimum absolute atomic E-state index is 0.331. The first-order chi connectivity index (χ1) is 10.6. The maximum absolute atomic E-state index is 3.00. The third kappa shape index (κ3) is 3.37. The minimum Gasteiger partial charge on any atom is -0.106 e. The van der Waals surface area contributed by atoms with Gasteiger partial charge in [-0.2, -0.15) is 0 Å². The molecular formula is C22H34. The first-order valence-corrected chi connectivity index (χ1v) is 8.86. The molecule has 22 heavy (non-hydrogen) atoms. The van der Waals surface area contributed by atoms with E-state index in [9.17, 15) is 0 Å². The monoisotopic (exact) mass is 298 g/mol. The van der Waals surface area contributed by atoms with Gasteiger partial charge in [-0.3, -0.25) is 0 Å². The van der Waals surface area contributed by atoms with Crippen molar-refractivity contribution in [2.24, 2.45) is 0 Å². The van der Waals surface area contributed by atoms with Crippen molar-refractivity contribution in [2.75, 3.05) is 0 Å². The van der Waals surface area contributed by atoms with Crippen molar-refractivity contribution in [3.63, 3.8) is 0 Å². The van der Waals surface area contributed by atoms with Crippen LogP contribution in [0.1, 0.15) is 82.9 Å². The van der Waals surface area contributed by atoms with Gasteiger partial charge in [0, 0.05) is 5.41 Å². The standard InChI is InChI=1S/C20H30.C2H4/c1-6-8-12-20(13-9-7-2)17(5)16(4)18-11-10-15(3)14-19(18)20;1-2/h10-11,14H,6-9,12-13H2,1-5H3;1-2H2. The molecule has 0 atom stereocenters. The summed E-state index contributed by atoms with van der Waals surface area (Å²) in [7, 11) is 0. The van der Waals surface area contributed by atoms with Gasteiger partial charge >= 0.3 is 0 Å². The Bertz CT molecular complexity index is 511. The van der Waals surface area contributed by atoms with Gasteiger partial charge < -0.3 is 0 Å². The van der Waals surface area contributed by atoms with Gasteiger partial charge in [-0.25, -0.2) is 0 Å². The second-order valence-corrected chi connectivity index (χ2v) is 6.59. The summed E-state index contributed by atoms with van der Waals surface area (Å²) in [5.41, 5.74) is 8.04. The van der Waals surface area contributed by atoms with E-state index in [2.05, 4.69) is 66.0 Å². The molecule has 0 aromatic heterocycles. The molecule has 0 saturated heterocycles. The summed E-state index contributed by atoms with van der Waals surface area (Å²) in [5, 5.41) is 0. The molecule has 0 nitrogen and oxygen atoms in total. The molecule has 0 N–H and O–H groups in total. The summed E-state index contributed by atoms with van der Waals surface area (Å²) >= 11 is 0. The molecule has 1 aliphatic rings. The molecule has 1 aromatic rings. The normalized spacial score (nSPS) is 15.3. The summed E-state index contributed by atoms with van der Waals surface area (Å²) in [6.07, 6.45) is 7.90. The van der Waals surface area contributed by atoms with Crippen LogP contribution in [0, 0.1) is 6.92 Å². The lowest BCUT2D eigenvalue weighted by atomic mass is 9.70. The van der Waals surface area contributed by atoms with Gasteiger partial charge in [0.15, 0.2) is 0 Å². The number of hydrogen-bond acceptors (Lipinski definition) is 0. The van der Waals surface area contributed by atoms with Crippen LogP contribution in [-0.2, 0) is 5.41 Å². The molecule has 1 aliphatic carbocycles. The van der Waals surface area contributed by atoms with Crippen molar-refractivity contribution in [1.82, 2.24) is 0 Å². The van der Waals surface area contributed by atoms with Gasteiger partial charge in [-0.1, -0.05) is 68.9 Å². The Labute approximate surface area is 138 Å². The Morgan fingerprint density at radius 2 is 1.45 bits per heavy atom. The molecule has 1 aromatic carbocycles. The fraction of sp³-hybridized carbons (Fsp3) is 0.545. The lowest BCUT2D eigenvalue weighted by Crippen LogP contribution is -2.26. The summed E-state index contributed by atoms with van der Waals surface area (Å²) in [5.74, 6) is 0. The third-order valence-electron chi connectivity index (χ3n) is 5.29. The topological polar surface area (TPSA) is 0 Å². The largest absolute Gasteiger partial charge is 0.106 e. The van der Waals surface area contributed by atoms with Crippen molar-refractivity contribution in [1.29, 1.82) is 0 Å². The number of hydrogen-bond donors (Lipinski definition) is 0. The van der Waals surface area contributed by atoms with Crippen LogP contribution in [0.15, 0.2) is 36.9 Å². The SMILES string of the molecule is C=C.CCCCC1(CCCC)C(C)=C(C)c2ccc(C)cc21. The van der Waals surface area contributed by atoms with Gasteiger partial charge in [0.25, 0.3) is 0 Å². The Morgan fingerprint density at radius 1 is 0.909 bits per heavy atom. The molecule has 0 aliphatic heterocycles. The summed E-state index contributed by atoms with van der Waals surface area (Å²) in [4.78, 5) is 0. The zero-order chi connectivity index (χ0) is 16.8. The lowest BCUT2D eigenvalue weighted by Gasteiger charge is -2.33. The van der Waals surface area contributed by atoms with Crippen LogP contribution in [0.3, 0.4) is 0 Å². The highest BCUT2D eigenvalue weighted by molar-refractivity contribution is 5.79. The highest BCUT2D eigenvalue weighted by atomic mass is 14.4. The second kappa shape index (κ2) is 8.36. The van der Waals surface area contributed by atoms with Crippen LogP contribution in [0.2, 0.25) is 0 Å². The molecule has 0 heterocycles. The molecule has 122 valence electrons. The van der Waals surface area contributed by atoms with Gasteiger partial charge in [-0.15, -0.1) is 13.2 Å². The predicted molar refractivity (Wildman–Crippen MR) is 101 cm³/mol. The van der Waals surface area contributed by atoms with E-state index in [4.69, 9.17) is 0 Å². The Hall–Kier alpha value is -1.30. The van der Waals surface area contributed by atoms with Crippen LogP contribution in [0.5, 0.6) is 0 Å². The summed E-state index contributed by atoms with van der Waals surface area (Å²) in [6, 6.07) is 7.08. The minimum atomic E-state index is 0.331. The van der Waals surface area contributed by atoms with Crippen molar-refractivity contribution in [2.45, 2.75) is 78.6 Å². The fourth-order valence-electron chi connectivity index (χ4n) is 3.87. The number of rotatable bonds is 6. The van der Waals surface area contributed by atoms with Crippen LogP contribution in [0.4, 0.5) is 0 Å². The van der Waals surface area contributed by atoms with Crippen LogP contribution < -0.4 is 0 Å². The van der Waals surface area contributed by atoms with Crippen molar-refractivity contribution in [3.05, 3.63) is 53.6 Å². The molecule has 0 saturated carbocycles. The summed E-state index contributed by atoms with van der Waals surface area (Å²) < 4.78 is 0. The van der Waals surface area contributed by atoms with Crippen LogP contribution in [0.25, 0.3) is 5.57 Å². The number of allylic oxidation sites excluding steroid dienone is 2. The molecule has 0 bridgehead atoms. The first kappa shape index (κ1) is 18.7. The lowest BCUT2D eigenvalue weighted by molar-refractivity contribution is 0.404. The van der Waals surface area contributed by atoms with E-state index in [0.717, 1.165) is 0 Å². The molecule has 0 spiro atoms. The van der Waals surface area contributed by atoms with E-state index < -0.39 is 0 Å². The molecule has 2 rings (SSSR count). The Balaban J connectivity index is 0.00000116. The Kier molecular flexibility index (Phi) is 7.13. The first-order valence-electron chi connectivity index (χ1n) is 8.86. The zero-order valence-electron chi connectivity index (χ0n) is 15.4. The second-order valence-electron chi connectivity index (χ2n) is 6.59. The smallest absolute Gasteiger partial charge is 0.0171 e. The van der Waals surface area contributed by atoms with Crippen molar-refractivity contribution < 1.29 is 0 Å². The number of unbranched alkanes of at least 4 members (excludes halogenated alkanes) is 2. The average Bonchev–Trinajstić information content (AvgIpc) is 2.74. The zero-order valence-corrected chi connectivity index (χ0v) is 15.4. The van der Waals surface area contributed by atoms with Gasteiger partial charge in [0.2, 0.25) is 0 Å². The van der Waals surface area contributed by atoms with E-state index in [1.165, 1.54) is 55.2 Å². The molecule has 0 fully saturated rings. The summed E-state index contributed by atoms with van der Waals surface area (Å²) in [6.45, 7) is 17.6. The molecule has 0 radical (unpaired) electrons. The van der Waals surface area contributed by atoms with E-state index in [0.29, 0.717) is 5.41 Å². The number of fused-ring (bicyclic) bond motifs is 1. The van der Waals surface area contributed by atoms with E-state index in [1.54, 1.807) is 11.1 Å². The third-order valence-corrected chi connectivity index (χ3v) is 5.29. The maximum Gasteiger partial charge on any atom is 0.0171 e. The van der Waals surface area contributed by atoms with E-state index >= 15 is 0 Å². The van der Waals surface area contributed by atoms with E-state index in [1.807, 2.05) is 0 Å². The quantitative estimate of drug-likeness (QED) is 0.486. The van der Waals surface area contributed by atoms with E-state index in [-0.39, 0.29) is 0 Å². The highest BCUT2D eigenvalue weighted by Crippen LogP contribution is 2.52. The molecule has 0 amide bonds. The van der Waals surface area contributed by atoms with Crippen LogP contribution in [-0.4, -0.2) is 0 Å². The average molecular weight is 299 g/mol. The predicted octanol–water partition coefficient (Wildman–Crippen LogP) is 7.22. The van der Waals surface area contributed by atoms with Gasteiger partial charge in [0.05, 0.1) is 0 Å². The number of benzene rings is 1. The highest BCUT2D eigenvalue weighted by Gasteiger charge is 2.40. The fourth-order valence-corrected chi connectivity index (χ4v) is 3.87. The molecule has 0 heteroatoms. The van der Waals surface area contributed by atoms with Crippen LogP contribution >= 0.6 is 0 Å². The Morgan fingerprint density at radius 3 is 1.95 bits per heavy atom. The molecular weight excluding hydrogens is 264 g/mol. The maximum atomic E-state index is 3.00. The molecule has 0 unspecified atom stereocenters. The van der Waals surface area contributed by atoms with Crippen molar-refractivity contribution >= 4 is 5.57 Å². The van der Waals surface area contributed by atoms with Crippen molar-refractivity contribution in [3.8, 4) is 0 Å². The van der Waals surface area contributed by atoms with Gasteiger partial charge in [0.1, 0.15) is 0 Å².